The van der Waals surface area contributed by atoms with Gasteiger partial charge in [-0.3, -0.25) is 4.79 Å². The fraction of sp³-hybridized carbons (Fsp3) is 0.130. The van der Waals surface area contributed by atoms with E-state index in [1.165, 1.54) is 0 Å². The van der Waals surface area contributed by atoms with Gasteiger partial charge in [0.25, 0.3) is 0 Å². The monoisotopic (exact) mass is 360 g/mol. The molecule has 0 spiro atoms. The number of ether oxygens (including phenoxy) is 2. The zero-order valence-corrected chi connectivity index (χ0v) is 15.1. The normalized spacial score (nSPS) is 10.3. The van der Waals surface area contributed by atoms with Crippen LogP contribution in [0, 0.1) is 0 Å². The van der Waals surface area contributed by atoms with E-state index in [2.05, 4.69) is 0 Å². The Hall–Kier alpha value is -3.40. The Morgan fingerprint density at radius 3 is 2.15 bits per heavy atom. The summed E-state index contributed by atoms with van der Waals surface area (Å²) in [6.07, 6.45) is 0. The molecule has 136 valence electrons. The average molecular weight is 360 g/mol. The lowest BCUT2D eigenvalue weighted by Crippen LogP contribution is -2.13. The first-order valence-electron chi connectivity index (χ1n) is 8.77. The Morgan fingerprint density at radius 1 is 0.778 bits per heavy atom. The number of ketones is 1. The molecule has 0 saturated heterocycles. The number of hydrogen-bond donors (Lipinski definition) is 0. The fourth-order valence-electron chi connectivity index (χ4n) is 2.74. The molecule has 0 N–H and O–H groups in total. The molecule has 0 bridgehead atoms. The van der Waals surface area contributed by atoms with Gasteiger partial charge >= 0.3 is 5.97 Å². The van der Waals surface area contributed by atoms with Crippen molar-refractivity contribution in [3.05, 3.63) is 101 Å². The summed E-state index contributed by atoms with van der Waals surface area (Å²) in [4.78, 5) is 25.4. The van der Waals surface area contributed by atoms with Crippen LogP contribution in [0.5, 0.6) is 5.75 Å². The van der Waals surface area contributed by atoms with E-state index in [1.807, 2.05) is 37.3 Å². The van der Waals surface area contributed by atoms with Crippen LogP contribution < -0.4 is 4.74 Å². The Bertz CT molecular complexity index is 932. The zero-order chi connectivity index (χ0) is 19.1. The van der Waals surface area contributed by atoms with E-state index in [4.69, 9.17) is 9.47 Å². The Balaban J connectivity index is 1.79. The summed E-state index contributed by atoms with van der Waals surface area (Å²) in [5.74, 6) is -0.0690. The molecule has 0 saturated carbocycles. The number of esters is 1. The van der Waals surface area contributed by atoms with Crippen LogP contribution in [0.1, 0.15) is 38.8 Å². The van der Waals surface area contributed by atoms with Gasteiger partial charge in [-0.05, 0) is 19.1 Å². The number of rotatable bonds is 7. The summed E-state index contributed by atoms with van der Waals surface area (Å²) in [6, 6.07) is 23.0. The van der Waals surface area contributed by atoms with Crippen LogP contribution in [0.4, 0.5) is 0 Å². The highest BCUT2D eigenvalue weighted by molar-refractivity contribution is 6.14. The predicted octanol–water partition coefficient (Wildman–Crippen LogP) is 4.67. The molecule has 27 heavy (non-hydrogen) atoms. The third-order valence-corrected chi connectivity index (χ3v) is 4.06. The number of carbonyl (C=O) groups excluding carboxylic acids is 2. The molecular formula is C23H20O4. The lowest BCUT2D eigenvalue weighted by atomic mass is 9.98. The van der Waals surface area contributed by atoms with Crippen LogP contribution in [0.2, 0.25) is 0 Å². The van der Waals surface area contributed by atoms with E-state index < -0.39 is 5.97 Å². The summed E-state index contributed by atoms with van der Waals surface area (Å²) in [5, 5.41) is 0. The minimum absolute atomic E-state index is 0.0723. The molecule has 3 rings (SSSR count). The predicted molar refractivity (Wildman–Crippen MR) is 103 cm³/mol. The van der Waals surface area contributed by atoms with E-state index in [1.54, 1.807) is 48.5 Å². The highest BCUT2D eigenvalue weighted by Gasteiger charge is 2.19. The highest BCUT2D eigenvalue weighted by Crippen LogP contribution is 2.21. The molecule has 0 atom stereocenters. The first-order chi connectivity index (χ1) is 13.2. The van der Waals surface area contributed by atoms with Gasteiger partial charge in [-0.15, -0.1) is 0 Å². The van der Waals surface area contributed by atoms with Gasteiger partial charge in [-0.2, -0.15) is 0 Å². The maximum absolute atomic E-state index is 12.8. The quantitative estimate of drug-likeness (QED) is 0.454. The zero-order valence-electron chi connectivity index (χ0n) is 15.1. The summed E-state index contributed by atoms with van der Waals surface area (Å²) < 4.78 is 11.0. The second-order valence-electron chi connectivity index (χ2n) is 5.86. The van der Waals surface area contributed by atoms with Crippen LogP contribution in [-0.4, -0.2) is 18.4 Å². The first-order valence-corrected chi connectivity index (χ1v) is 8.77. The third kappa shape index (κ3) is 4.42. The number of benzene rings is 3. The smallest absolute Gasteiger partial charge is 0.339 e. The van der Waals surface area contributed by atoms with Crippen molar-refractivity contribution in [3.8, 4) is 5.75 Å². The minimum atomic E-state index is -0.541. The van der Waals surface area contributed by atoms with Crippen LogP contribution in [-0.2, 0) is 11.3 Å². The maximum Gasteiger partial charge on any atom is 0.339 e. The van der Waals surface area contributed by atoms with Gasteiger partial charge in [0.1, 0.15) is 12.4 Å². The molecule has 4 nitrogen and oxygen atoms in total. The molecule has 3 aromatic carbocycles. The van der Waals surface area contributed by atoms with Gasteiger partial charge in [0.2, 0.25) is 0 Å². The van der Waals surface area contributed by atoms with E-state index in [9.17, 15) is 9.59 Å². The summed E-state index contributed by atoms with van der Waals surface area (Å²) >= 11 is 0. The molecular weight excluding hydrogens is 340 g/mol. The second kappa shape index (κ2) is 8.81. The molecule has 0 radical (unpaired) electrons. The van der Waals surface area contributed by atoms with Gasteiger partial charge < -0.3 is 9.47 Å². The average Bonchev–Trinajstić information content (AvgIpc) is 2.73. The van der Waals surface area contributed by atoms with Crippen molar-refractivity contribution in [2.24, 2.45) is 0 Å². The van der Waals surface area contributed by atoms with E-state index >= 15 is 0 Å². The molecule has 0 unspecified atom stereocenters. The Morgan fingerprint density at radius 2 is 1.41 bits per heavy atom. The van der Waals surface area contributed by atoms with Gasteiger partial charge in [0, 0.05) is 16.7 Å². The summed E-state index contributed by atoms with van der Waals surface area (Å²) in [6.45, 7) is 2.50. The molecule has 0 amide bonds. The second-order valence-corrected chi connectivity index (χ2v) is 5.86. The van der Waals surface area contributed by atoms with Gasteiger partial charge in [0.15, 0.2) is 5.78 Å². The van der Waals surface area contributed by atoms with E-state index in [0.29, 0.717) is 23.5 Å². The van der Waals surface area contributed by atoms with Crippen molar-refractivity contribution in [2.45, 2.75) is 13.5 Å². The molecule has 0 aromatic heterocycles. The molecule has 4 heteroatoms. The third-order valence-electron chi connectivity index (χ3n) is 4.06. The van der Waals surface area contributed by atoms with Crippen LogP contribution in [0.15, 0.2) is 78.9 Å². The standard InChI is InChI=1S/C23H20O4/c1-2-26-21-15-9-6-12-18(21)16-27-23(25)20-14-8-7-13-19(20)22(24)17-10-4-3-5-11-17/h3-15H,2,16H2,1H3. The number of para-hydroxylation sites is 1. The molecule has 0 aliphatic rings. The summed E-state index contributed by atoms with van der Waals surface area (Å²) in [7, 11) is 0. The Labute approximate surface area is 158 Å². The van der Waals surface area contributed by atoms with Crippen LogP contribution in [0.3, 0.4) is 0 Å². The topological polar surface area (TPSA) is 52.6 Å². The fourth-order valence-corrected chi connectivity index (χ4v) is 2.74. The highest BCUT2D eigenvalue weighted by atomic mass is 16.5. The molecule has 0 heterocycles. The van der Waals surface area contributed by atoms with Crippen molar-refractivity contribution in [1.29, 1.82) is 0 Å². The number of carbonyl (C=O) groups is 2. The number of hydrogen-bond acceptors (Lipinski definition) is 4. The van der Waals surface area contributed by atoms with Crippen LogP contribution >= 0.6 is 0 Å². The molecule has 0 aliphatic carbocycles. The summed E-state index contributed by atoms with van der Waals surface area (Å²) in [5.41, 5.74) is 1.88. The largest absolute Gasteiger partial charge is 0.493 e. The van der Waals surface area contributed by atoms with Gasteiger partial charge in [0.05, 0.1) is 12.2 Å². The molecule has 0 aliphatic heterocycles. The molecule has 3 aromatic rings. The first kappa shape index (κ1) is 18.4. The SMILES string of the molecule is CCOc1ccccc1COC(=O)c1ccccc1C(=O)c1ccccc1. The van der Waals surface area contributed by atoms with Crippen molar-refractivity contribution >= 4 is 11.8 Å². The Kier molecular flexibility index (Phi) is 6.00. The van der Waals surface area contributed by atoms with Crippen molar-refractivity contribution in [2.75, 3.05) is 6.61 Å². The van der Waals surface area contributed by atoms with Crippen molar-refractivity contribution in [1.82, 2.24) is 0 Å². The minimum Gasteiger partial charge on any atom is -0.493 e. The van der Waals surface area contributed by atoms with Crippen molar-refractivity contribution in [3.63, 3.8) is 0 Å². The maximum atomic E-state index is 12.8. The van der Waals surface area contributed by atoms with E-state index in [0.717, 1.165) is 5.56 Å². The van der Waals surface area contributed by atoms with Crippen molar-refractivity contribution < 1.29 is 19.1 Å². The molecule has 0 fully saturated rings. The van der Waals surface area contributed by atoms with Gasteiger partial charge in [-0.1, -0.05) is 66.7 Å². The lowest BCUT2D eigenvalue weighted by molar-refractivity contribution is 0.0467. The lowest BCUT2D eigenvalue weighted by Gasteiger charge is -2.12. The van der Waals surface area contributed by atoms with Gasteiger partial charge in [-0.25, -0.2) is 4.79 Å². The van der Waals surface area contributed by atoms with Crippen LogP contribution in [0.25, 0.3) is 0 Å². The van der Waals surface area contributed by atoms with E-state index in [-0.39, 0.29) is 18.0 Å².